The van der Waals surface area contributed by atoms with Crippen LogP contribution in [0.5, 0.6) is 0 Å². The van der Waals surface area contributed by atoms with Crippen molar-refractivity contribution in [1.82, 2.24) is 5.32 Å². The molecule has 9 heavy (non-hydrogen) atoms. The molecule has 1 rings (SSSR count). The van der Waals surface area contributed by atoms with E-state index in [1.807, 2.05) is 0 Å². The van der Waals surface area contributed by atoms with Crippen LogP contribution in [0.4, 0.5) is 0 Å². The summed E-state index contributed by atoms with van der Waals surface area (Å²) in [5, 5.41) is 3.23. The number of hydrogen-bond donors (Lipinski definition) is 1. The second-order valence-electron chi connectivity index (χ2n) is 2.76. The second-order valence-corrected chi connectivity index (χ2v) is 2.76. The molecule has 2 heteroatoms. The molecular formula is C7H13NO. The summed E-state index contributed by atoms with van der Waals surface area (Å²) in [5.41, 5.74) is 0. The van der Waals surface area contributed by atoms with E-state index >= 15 is 0 Å². The van der Waals surface area contributed by atoms with Crippen LogP contribution in [0.1, 0.15) is 19.8 Å². The average molecular weight is 127 g/mol. The highest BCUT2D eigenvalue weighted by atomic mass is 16.1. The molecular weight excluding hydrogens is 114 g/mol. The summed E-state index contributed by atoms with van der Waals surface area (Å²) >= 11 is 0. The Bertz CT molecular complexity index is 105. The minimum absolute atomic E-state index is 0.323. The van der Waals surface area contributed by atoms with Gasteiger partial charge in [0.2, 0.25) is 0 Å². The molecule has 1 N–H and O–H groups in total. The molecule has 1 heterocycles. The molecule has 0 bridgehead atoms. The molecule has 0 saturated carbocycles. The summed E-state index contributed by atoms with van der Waals surface area (Å²) in [4.78, 5) is 10.6. The van der Waals surface area contributed by atoms with E-state index in [1.54, 1.807) is 6.92 Å². The Morgan fingerprint density at radius 1 is 1.78 bits per heavy atom. The SMILES string of the molecule is CC(=O)C[C@@H]1CCNC1. The fourth-order valence-corrected chi connectivity index (χ4v) is 1.30. The molecule has 1 atom stereocenters. The number of rotatable bonds is 2. The van der Waals surface area contributed by atoms with Crippen molar-refractivity contribution in [2.75, 3.05) is 13.1 Å². The van der Waals surface area contributed by atoms with E-state index in [1.165, 1.54) is 6.42 Å². The van der Waals surface area contributed by atoms with Gasteiger partial charge in [-0.25, -0.2) is 0 Å². The molecule has 2 nitrogen and oxygen atoms in total. The van der Waals surface area contributed by atoms with Gasteiger partial charge in [0.25, 0.3) is 0 Å². The van der Waals surface area contributed by atoms with Crippen molar-refractivity contribution < 1.29 is 4.79 Å². The molecule has 0 aliphatic carbocycles. The molecule has 0 unspecified atom stereocenters. The average Bonchev–Trinajstić information content (AvgIpc) is 2.15. The van der Waals surface area contributed by atoms with Gasteiger partial charge in [-0.2, -0.15) is 0 Å². The Hall–Kier alpha value is -0.370. The third-order valence-electron chi connectivity index (χ3n) is 1.74. The quantitative estimate of drug-likeness (QED) is 0.587. The highest BCUT2D eigenvalue weighted by molar-refractivity contribution is 5.75. The third kappa shape index (κ3) is 2.14. The number of hydrogen-bond acceptors (Lipinski definition) is 2. The monoisotopic (exact) mass is 127 g/mol. The number of ketones is 1. The van der Waals surface area contributed by atoms with Crippen LogP contribution in [-0.4, -0.2) is 18.9 Å². The first-order chi connectivity index (χ1) is 4.29. The molecule has 0 spiro atoms. The highest BCUT2D eigenvalue weighted by Gasteiger charge is 2.15. The highest BCUT2D eigenvalue weighted by Crippen LogP contribution is 2.11. The number of carbonyl (C=O) groups excluding carboxylic acids is 1. The Balaban J connectivity index is 2.19. The zero-order valence-corrected chi connectivity index (χ0v) is 5.81. The lowest BCUT2D eigenvalue weighted by Crippen LogP contribution is -2.10. The van der Waals surface area contributed by atoms with Gasteiger partial charge in [-0.1, -0.05) is 0 Å². The number of nitrogens with one attached hydrogen (secondary N) is 1. The van der Waals surface area contributed by atoms with Crippen molar-refractivity contribution in [1.29, 1.82) is 0 Å². The van der Waals surface area contributed by atoms with E-state index in [-0.39, 0.29) is 0 Å². The lowest BCUT2D eigenvalue weighted by molar-refractivity contribution is -0.117. The van der Waals surface area contributed by atoms with Crippen LogP contribution in [0, 0.1) is 5.92 Å². The van der Waals surface area contributed by atoms with E-state index in [0.717, 1.165) is 19.5 Å². The molecule has 1 aliphatic rings. The van der Waals surface area contributed by atoms with E-state index in [0.29, 0.717) is 11.7 Å². The van der Waals surface area contributed by atoms with Crippen LogP contribution in [0.25, 0.3) is 0 Å². The van der Waals surface area contributed by atoms with Crippen molar-refractivity contribution in [2.24, 2.45) is 5.92 Å². The molecule has 0 aromatic heterocycles. The molecule has 0 aromatic rings. The van der Waals surface area contributed by atoms with Gasteiger partial charge >= 0.3 is 0 Å². The van der Waals surface area contributed by atoms with Crippen LogP contribution in [0.2, 0.25) is 0 Å². The van der Waals surface area contributed by atoms with Gasteiger partial charge in [0, 0.05) is 6.42 Å². The van der Waals surface area contributed by atoms with Crippen LogP contribution < -0.4 is 5.32 Å². The predicted molar refractivity (Wildman–Crippen MR) is 36.3 cm³/mol. The number of Topliss-reactive ketones (excluding diaryl/α,β-unsaturated/α-hetero) is 1. The summed E-state index contributed by atoms with van der Waals surface area (Å²) in [7, 11) is 0. The summed E-state index contributed by atoms with van der Waals surface area (Å²) in [6.45, 7) is 3.80. The van der Waals surface area contributed by atoms with Crippen LogP contribution in [0.3, 0.4) is 0 Å². The van der Waals surface area contributed by atoms with Gasteiger partial charge < -0.3 is 10.1 Å². The van der Waals surface area contributed by atoms with Crippen molar-refractivity contribution in [3.63, 3.8) is 0 Å². The molecule has 1 aliphatic heterocycles. The normalized spacial score (nSPS) is 26.6. The first-order valence-corrected chi connectivity index (χ1v) is 3.49. The summed E-state index contributed by atoms with van der Waals surface area (Å²) in [6.07, 6.45) is 1.95. The zero-order chi connectivity index (χ0) is 6.69. The van der Waals surface area contributed by atoms with Crippen molar-refractivity contribution in [3.8, 4) is 0 Å². The maximum Gasteiger partial charge on any atom is 0.130 e. The van der Waals surface area contributed by atoms with Gasteiger partial charge in [0.1, 0.15) is 5.78 Å². The summed E-state index contributed by atoms with van der Waals surface area (Å²) < 4.78 is 0. The van der Waals surface area contributed by atoms with E-state index in [4.69, 9.17) is 0 Å². The lowest BCUT2D eigenvalue weighted by Gasteiger charge is -2.01. The smallest absolute Gasteiger partial charge is 0.130 e. The van der Waals surface area contributed by atoms with E-state index in [2.05, 4.69) is 5.32 Å². The van der Waals surface area contributed by atoms with Gasteiger partial charge in [-0.15, -0.1) is 0 Å². The Labute approximate surface area is 55.6 Å². The van der Waals surface area contributed by atoms with Crippen molar-refractivity contribution >= 4 is 5.78 Å². The largest absolute Gasteiger partial charge is 0.316 e. The van der Waals surface area contributed by atoms with Gasteiger partial charge in [0.15, 0.2) is 0 Å². The maximum atomic E-state index is 10.6. The second kappa shape index (κ2) is 2.97. The minimum atomic E-state index is 0.323. The standard InChI is InChI=1S/C7H13NO/c1-6(9)4-7-2-3-8-5-7/h7-8H,2-5H2,1H3/t7-/m0/s1. The lowest BCUT2D eigenvalue weighted by atomic mass is 10.0. The van der Waals surface area contributed by atoms with Crippen LogP contribution in [-0.2, 0) is 4.79 Å². The molecule has 1 fully saturated rings. The fourth-order valence-electron chi connectivity index (χ4n) is 1.30. The fraction of sp³-hybridized carbons (Fsp3) is 0.857. The maximum absolute atomic E-state index is 10.6. The Morgan fingerprint density at radius 2 is 2.56 bits per heavy atom. The molecule has 0 amide bonds. The Morgan fingerprint density at radius 3 is 3.00 bits per heavy atom. The minimum Gasteiger partial charge on any atom is -0.316 e. The molecule has 0 radical (unpaired) electrons. The van der Waals surface area contributed by atoms with Gasteiger partial charge in [0.05, 0.1) is 0 Å². The van der Waals surface area contributed by atoms with Crippen LogP contribution in [0.15, 0.2) is 0 Å². The first-order valence-electron chi connectivity index (χ1n) is 3.49. The van der Waals surface area contributed by atoms with E-state index < -0.39 is 0 Å². The van der Waals surface area contributed by atoms with Gasteiger partial charge in [-0.3, -0.25) is 0 Å². The van der Waals surface area contributed by atoms with E-state index in [9.17, 15) is 4.79 Å². The van der Waals surface area contributed by atoms with Crippen LogP contribution >= 0.6 is 0 Å². The summed E-state index contributed by atoms with van der Waals surface area (Å²) in [6, 6.07) is 0. The van der Waals surface area contributed by atoms with Gasteiger partial charge in [-0.05, 0) is 32.4 Å². The molecule has 1 saturated heterocycles. The third-order valence-corrected chi connectivity index (χ3v) is 1.74. The zero-order valence-electron chi connectivity index (χ0n) is 5.81. The summed E-state index contributed by atoms with van der Waals surface area (Å²) in [5.74, 6) is 0.950. The van der Waals surface area contributed by atoms with Crippen molar-refractivity contribution in [3.05, 3.63) is 0 Å². The molecule has 52 valence electrons. The number of carbonyl (C=O) groups is 1. The topological polar surface area (TPSA) is 29.1 Å². The Kier molecular flexibility index (Phi) is 2.22. The molecule has 0 aromatic carbocycles. The predicted octanol–water partition coefficient (Wildman–Crippen LogP) is 0.575. The first kappa shape index (κ1) is 6.75. The van der Waals surface area contributed by atoms with Crippen molar-refractivity contribution in [2.45, 2.75) is 19.8 Å².